The Labute approximate surface area is 128 Å². The number of piperidine rings is 1. The highest BCUT2D eigenvalue weighted by Crippen LogP contribution is 2.26. The van der Waals surface area contributed by atoms with E-state index in [0.29, 0.717) is 11.3 Å². The van der Waals surface area contributed by atoms with E-state index in [9.17, 15) is 4.79 Å². The van der Waals surface area contributed by atoms with Crippen LogP contribution in [-0.2, 0) is 0 Å². The number of methoxy groups -OCH3 is 1. The van der Waals surface area contributed by atoms with E-state index in [4.69, 9.17) is 4.74 Å². The summed E-state index contributed by atoms with van der Waals surface area (Å²) in [5, 5.41) is 0. The molecule has 1 amide bonds. The van der Waals surface area contributed by atoms with E-state index in [1.165, 1.54) is 0 Å². The Balaban J connectivity index is 2.18. The van der Waals surface area contributed by atoms with Gasteiger partial charge in [0.1, 0.15) is 5.75 Å². The summed E-state index contributed by atoms with van der Waals surface area (Å²) in [5.74, 6) is 0.634. The molecule has 0 radical (unpaired) electrons. The maximum absolute atomic E-state index is 12.7. The molecule has 1 aromatic carbocycles. The van der Waals surface area contributed by atoms with Crippen LogP contribution in [-0.4, -0.2) is 56.0 Å². The number of carbonyl (C=O) groups is 1. The SMILES string of the molecule is COc1cc(Br)ccc1C(=O)N(C)C1CCCN(C)C1. The zero-order chi connectivity index (χ0) is 14.7. The summed E-state index contributed by atoms with van der Waals surface area (Å²) in [7, 11) is 5.57. The van der Waals surface area contributed by atoms with E-state index in [1.54, 1.807) is 7.11 Å². The van der Waals surface area contributed by atoms with E-state index >= 15 is 0 Å². The van der Waals surface area contributed by atoms with Gasteiger partial charge in [0.15, 0.2) is 0 Å². The molecule has 0 aromatic heterocycles. The lowest BCUT2D eigenvalue weighted by atomic mass is 10.0. The number of likely N-dealkylation sites (N-methyl/N-ethyl adjacent to an activating group) is 2. The number of amides is 1. The molecular formula is C15H21BrN2O2. The van der Waals surface area contributed by atoms with Crippen LogP contribution in [0, 0.1) is 0 Å². The number of rotatable bonds is 3. The molecule has 1 atom stereocenters. The lowest BCUT2D eigenvalue weighted by Crippen LogP contribution is -2.47. The summed E-state index contributed by atoms with van der Waals surface area (Å²) in [6.07, 6.45) is 2.20. The van der Waals surface area contributed by atoms with Crippen molar-refractivity contribution < 1.29 is 9.53 Å². The predicted octanol–water partition coefficient (Wildman–Crippen LogP) is 2.62. The maximum atomic E-state index is 12.7. The molecule has 20 heavy (non-hydrogen) atoms. The molecule has 1 heterocycles. The fraction of sp³-hybridized carbons (Fsp3) is 0.533. The quantitative estimate of drug-likeness (QED) is 0.847. The summed E-state index contributed by atoms with van der Waals surface area (Å²) in [6, 6.07) is 5.79. The number of nitrogens with zero attached hydrogens (tertiary/aromatic N) is 2. The van der Waals surface area contributed by atoms with Gasteiger partial charge in [-0.15, -0.1) is 0 Å². The molecule has 1 fully saturated rings. The monoisotopic (exact) mass is 340 g/mol. The second-order valence-corrected chi connectivity index (χ2v) is 6.23. The average molecular weight is 341 g/mol. The van der Waals surface area contributed by atoms with Crippen LogP contribution in [0.2, 0.25) is 0 Å². The molecular weight excluding hydrogens is 320 g/mol. The number of likely N-dealkylation sites (tertiary alicyclic amines) is 1. The van der Waals surface area contributed by atoms with Crippen molar-refractivity contribution in [2.45, 2.75) is 18.9 Å². The van der Waals surface area contributed by atoms with Gasteiger partial charge in [0.2, 0.25) is 0 Å². The van der Waals surface area contributed by atoms with E-state index in [0.717, 1.165) is 30.4 Å². The van der Waals surface area contributed by atoms with Gasteiger partial charge in [0, 0.05) is 24.1 Å². The first-order chi connectivity index (χ1) is 9.52. The van der Waals surface area contributed by atoms with E-state index in [-0.39, 0.29) is 11.9 Å². The fourth-order valence-electron chi connectivity index (χ4n) is 2.65. The summed E-state index contributed by atoms with van der Waals surface area (Å²) in [4.78, 5) is 16.8. The van der Waals surface area contributed by atoms with Crippen molar-refractivity contribution in [1.29, 1.82) is 0 Å². The van der Waals surface area contributed by atoms with Crippen LogP contribution in [0.1, 0.15) is 23.2 Å². The van der Waals surface area contributed by atoms with Crippen LogP contribution in [0.4, 0.5) is 0 Å². The third-order valence-electron chi connectivity index (χ3n) is 3.86. The van der Waals surface area contributed by atoms with Crippen LogP contribution in [0.15, 0.2) is 22.7 Å². The van der Waals surface area contributed by atoms with Gasteiger partial charge in [-0.1, -0.05) is 15.9 Å². The third-order valence-corrected chi connectivity index (χ3v) is 4.35. The molecule has 0 spiro atoms. The van der Waals surface area contributed by atoms with Crippen molar-refractivity contribution in [2.24, 2.45) is 0 Å². The number of halogens is 1. The normalized spacial score (nSPS) is 19.7. The van der Waals surface area contributed by atoms with Gasteiger partial charge in [-0.05, 0) is 44.6 Å². The maximum Gasteiger partial charge on any atom is 0.257 e. The Hall–Kier alpha value is -1.07. The second-order valence-electron chi connectivity index (χ2n) is 5.32. The highest BCUT2D eigenvalue weighted by atomic mass is 79.9. The van der Waals surface area contributed by atoms with Crippen molar-refractivity contribution in [3.05, 3.63) is 28.2 Å². The predicted molar refractivity (Wildman–Crippen MR) is 83.3 cm³/mol. The van der Waals surface area contributed by atoms with Gasteiger partial charge in [0.05, 0.1) is 12.7 Å². The van der Waals surface area contributed by atoms with E-state index in [2.05, 4.69) is 27.9 Å². The minimum Gasteiger partial charge on any atom is -0.496 e. The smallest absolute Gasteiger partial charge is 0.257 e. The van der Waals surface area contributed by atoms with Gasteiger partial charge in [-0.2, -0.15) is 0 Å². The molecule has 1 aromatic rings. The van der Waals surface area contributed by atoms with Crippen LogP contribution >= 0.6 is 15.9 Å². The standard InChI is InChI=1S/C15H21BrN2O2/c1-17-8-4-5-12(10-17)18(2)15(19)13-7-6-11(16)9-14(13)20-3/h6-7,9,12H,4-5,8,10H2,1-3H3. The topological polar surface area (TPSA) is 32.8 Å². The Morgan fingerprint density at radius 1 is 1.50 bits per heavy atom. The van der Waals surface area contributed by atoms with Crippen molar-refractivity contribution in [3.8, 4) is 5.75 Å². The zero-order valence-corrected chi connectivity index (χ0v) is 13.8. The first kappa shape index (κ1) is 15.3. The number of carbonyl (C=O) groups excluding carboxylic acids is 1. The van der Waals surface area contributed by atoms with Crippen LogP contribution in [0.25, 0.3) is 0 Å². The molecule has 4 nitrogen and oxygen atoms in total. The average Bonchev–Trinajstić information content (AvgIpc) is 2.45. The van der Waals surface area contributed by atoms with Gasteiger partial charge in [-0.25, -0.2) is 0 Å². The molecule has 1 aliphatic rings. The van der Waals surface area contributed by atoms with Crippen molar-refractivity contribution in [1.82, 2.24) is 9.80 Å². The molecule has 110 valence electrons. The number of benzene rings is 1. The molecule has 2 rings (SSSR count). The number of ether oxygens (including phenoxy) is 1. The molecule has 0 saturated carbocycles. The second kappa shape index (κ2) is 6.59. The van der Waals surface area contributed by atoms with Gasteiger partial charge < -0.3 is 14.5 Å². The zero-order valence-electron chi connectivity index (χ0n) is 12.2. The molecule has 1 aliphatic heterocycles. The summed E-state index contributed by atoms with van der Waals surface area (Å²) >= 11 is 3.40. The van der Waals surface area contributed by atoms with Crippen LogP contribution in [0.3, 0.4) is 0 Å². The molecule has 0 aliphatic carbocycles. The van der Waals surface area contributed by atoms with Crippen molar-refractivity contribution in [3.63, 3.8) is 0 Å². The highest BCUT2D eigenvalue weighted by molar-refractivity contribution is 9.10. The largest absolute Gasteiger partial charge is 0.496 e. The minimum absolute atomic E-state index is 0.0228. The van der Waals surface area contributed by atoms with Gasteiger partial charge in [-0.3, -0.25) is 4.79 Å². The molecule has 0 N–H and O–H groups in total. The van der Waals surface area contributed by atoms with Crippen LogP contribution < -0.4 is 4.74 Å². The Morgan fingerprint density at radius 2 is 2.25 bits per heavy atom. The lowest BCUT2D eigenvalue weighted by Gasteiger charge is -2.36. The Kier molecular flexibility index (Phi) is 5.05. The first-order valence-corrected chi connectivity index (χ1v) is 7.61. The van der Waals surface area contributed by atoms with Crippen molar-refractivity contribution in [2.75, 3.05) is 34.3 Å². The summed E-state index contributed by atoms with van der Waals surface area (Å²) in [6.45, 7) is 2.04. The number of hydrogen-bond acceptors (Lipinski definition) is 3. The Morgan fingerprint density at radius 3 is 2.90 bits per heavy atom. The highest BCUT2D eigenvalue weighted by Gasteiger charge is 2.26. The summed E-state index contributed by atoms with van der Waals surface area (Å²) < 4.78 is 6.23. The molecule has 5 heteroatoms. The third kappa shape index (κ3) is 3.33. The molecule has 0 bridgehead atoms. The van der Waals surface area contributed by atoms with Crippen molar-refractivity contribution >= 4 is 21.8 Å². The summed E-state index contributed by atoms with van der Waals surface area (Å²) in [5.41, 5.74) is 0.617. The Bertz CT molecular complexity index is 493. The van der Waals surface area contributed by atoms with Gasteiger partial charge in [0.25, 0.3) is 5.91 Å². The van der Waals surface area contributed by atoms with Crippen LogP contribution in [0.5, 0.6) is 5.75 Å². The van der Waals surface area contributed by atoms with E-state index in [1.807, 2.05) is 30.1 Å². The lowest BCUT2D eigenvalue weighted by molar-refractivity contribution is 0.0641. The molecule has 1 saturated heterocycles. The van der Waals surface area contributed by atoms with E-state index < -0.39 is 0 Å². The molecule has 1 unspecified atom stereocenters. The minimum atomic E-state index is 0.0228. The first-order valence-electron chi connectivity index (χ1n) is 6.82. The van der Waals surface area contributed by atoms with Gasteiger partial charge >= 0.3 is 0 Å². The fourth-order valence-corrected chi connectivity index (χ4v) is 2.99. The number of hydrogen-bond donors (Lipinski definition) is 0.